The van der Waals surface area contributed by atoms with Crippen LogP contribution in [0.25, 0.3) is 0 Å². The Balaban J connectivity index is 2.19. The monoisotopic (exact) mass is 300 g/mol. The van der Waals surface area contributed by atoms with Crippen LogP contribution in [-0.4, -0.2) is 38.7 Å². The van der Waals surface area contributed by atoms with E-state index in [9.17, 15) is 12.8 Å². The van der Waals surface area contributed by atoms with E-state index in [4.69, 9.17) is 0 Å². The largest absolute Gasteiger partial charge is 0.295 e. The lowest BCUT2D eigenvalue weighted by Crippen LogP contribution is -2.37. The Bertz CT molecular complexity index is 542. The number of nitrogens with one attached hydrogen (secondary N) is 1. The van der Waals surface area contributed by atoms with Gasteiger partial charge in [0.25, 0.3) is 0 Å². The van der Waals surface area contributed by atoms with Gasteiger partial charge < -0.3 is 0 Å². The molecule has 0 saturated carbocycles. The van der Waals surface area contributed by atoms with Crippen LogP contribution in [-0.2, 0) is 10.0 Å². The number of nitrogens with zero attached hydrogens (tertiary/aromatic N) is 1. The zero-order valence-electron chi connectivity index (χ0n) is 11.7. The van der Waals surface area contributed by atoms with Gasteiger partial charge in [-0.05, 0) is 38.9 Å². The van der Waals surface area contributed by atoms with E-state index in [0.29, 0.717) is 5.56 Å². The second-order valence-electron chi connectivity index (χ2n) is 5.03. The van der Waals surface area contributed by atoms with Gasteiger partial charge in [0.2, 0.25) is 10.0 Å². The molecule has 1 atom stereocenters. The molecule has 20 heavy (non-hydrogen) atoms. The SMILES string of the molecule is CCS(=O)(=O)NCC(c1ccccc1F)N1CCCC1. The molecule has 2 rings (SSSR count). The first kappa shape index (κ1) is 15.4. The number of hydrogen-bond donors (Lipinski definition) is 1. The van der Waals surface area contributed by atoms with Crippen LogP contribution < -0.4 is 4.72 Å². The van der Waals surface area contributed by atoms with Gasteiger partial charge in [0.05, 0.1) is 11.8 Å². The molecule has 1 aliphatic heterocycles. The van der Waals surface area contributed by atoms with Crippen molar-refractivity contribution >= 4 is 10.0 Å². The average Bonchev–Trinajstić information content (AvgIpc) is 2.95. The molecular formula is C14H21FN2O2S. The Hall–Kier alpha value is -0.980. The predicted octanol–water partition coefficient (Wildman–Crippen LogP) is 1.90. The topological polar surface area (TPSA) is 49.4 Å². The van der Waals surface area contributed by atoms with Gasteiger partial charge in [-0.3, -0.25) is 4.90 Å². The van der Waals surface area contributed by atoms with Crippen molar-refractivity contribution in [2.45, 2.75) is 25.8 Å². The van der Waals surface area contributed by atoms with Gasteiger partial charge in [0, 0.05) is 12.1 Å². The van der Waals surface area contributed by atoms with Crippen molar-refractivity contribution in [2.75, 3.05) is 25.4 Å². The van der Waals surface area contributed by atoms with Gasteiger partial charge in [-0.25, -0.2) is 17.5 Å². The first-order valence-electron chi connectivity index (χ1n) is 6.99. The van der Waals surface area contributed by atoms with Crippen molar-refractivity contribution in [3.05, 3.63) is 35.6 Å². The number of rotatable bonds is 6. The molecule has 6 heteroatoms. The summed E-state index contributed by atoms with van der Waals surface area (Å²) in [5, 5.41) is 0. The molecule has 1 fully saturated rings. The molecule has 0 aliphatic carbocycles. The Labute approximate surface area is 120 Å². The lowest BCUT2D eigenvalue weighted by Gasteiger charge is -2.28. The highest BCUT2D eigenvalue weighted by Gasteiger charge is 2.26. The molecule has 0 amide bonds. The summed E-state index contributed by atoms with van der Waals surface area (Å²) in [4.78, 5) is 2.15. The molecule has 1 aromatic carbocycles. The van der Waals surface area contributed by atoms with Crippen LogP contribution in [0.3, 0.4) is 0 Å². The first-order chi connectivity index (χ1) is 9.53. The molecule has 1 unspecified atom stereocenters. The minimum atomic E-state index is -3.26. The van der Waals surface area contributed by atoms with Gasteiger partial charge in [0.1, 0.15) is 5.82 Å². The summed E-state index contributed by atoms with van der Waals surface area (Å²) in [5.41, 5.74) is 0.563. The van der Waals surface area contributed by atoms with E-state index in [1.807, 2.05) is 0 Å². The summed E-state index contributed by atoms with van der Waals surface area (Å²) >= 11 is 0. The fraction of sp³-hybridized carbons (Fsp3) is 0.571. The van der Waals surface area contributed by atoms with Gasteiger partial charge in [0.15, 0.2) is 0 Å². The number of halogens is 1. The maximum absolute atomic E-state index is 14.0. The smallest absolute Gasteiger partial charge is 0.211 e. The molecular weight excluding hydrogens is 279 g/mol. The van der Waals surface area contributed by atoms with E-state index in [2.05, 4.69) is 9.62 Å². The van der Waals surface area contributed by atoms with Crippen molar-refractivity contribution in [3.63, 3.8) is 0 Å². The molecule has 4 nitrogen and oxygen atoms in total. The number of likely N-dealkylation sites (tertiary alicyclic amines) is 1. The molecule has 112 valence electrons. The Morgan fingerprint density at radius 2 is 1.95 bits per heavy atom. The van der Waals surface area contributed by atoms with Crippen LogP contribution in [0.2, 0.25) is 0 Å². The van der Waals surface area contributed by atoms with Crippen LogP contribution in [0.15, 0.2) is 24.3 Å². The van der Waals surface area contributed by atoms with E-state index in [1.54, 1.807) is 25.1 Å². The number of hydrogen-bond acceptors (Lipinski definition) is 3. The Morgan fingerprint density at radius 1 is 1.30 bits per heavy atom. The third kappa shape index (κ3) is 3.77. The highest BCUT2D eigenvalue weighted by Crippen LogP contribution is 2.26. The summed E-state index contributed by atoms with van der Waals surface area (Å²) < 4.78 is 39.8. The van der Waals surface area contributed by atoms with Gasteiger partial charge >= 0.3 is 0 Å². The van der Waals surface area contributed by atoms with Crippen LogP contribution in [0.1, 0.15) is 31.4 Å². The van der Waals surface area contributed by atoms with Gasteiger partial charge in [-0.15, -0.1) is 0 Å². The standard InChI is InChI=1S/C14H21FN2O2S/c1-2-20(18,19)16-11-14(17-9-5-6-10-17)12-7-3-4-8-13(12)15/h3-4,7-8,14,16H,2,5-6,9-11H2,1H3. The third-order valence-electron chi connectivity index (χ3n) is 3.72. The molecule has 0 aromatic heterocycles. The fourth-order valence-electron chi connectivity index (χ4n) is 2.54. The van der Waals surface area contributed by atoms with Crippen LogP contribution in [0.5, 0.6) is 0 Å². The molecule has 0 radical (unpaired) electrons. The van der Waals surface area contributed by atoms with Crippen molar-refractivity contribution in [1.82, 2.24) is 9.62 Å². The normalized spacial score (nSPS) is 18.3. The average molecular weight is 300 g/mol. The highest BCUT2D eigenvalue weighted by atomic mass is 32.2. The molecule has 1 aliphatic rings. The van der Waals surface area contributed by atoms with Crippen molar-refractivity contribution in [1.29, 1.82) is 0 Å². The second-order valence-corrected chi connectivity index (χ2v) is 7.13. The summed E-state index contributed by atoms with van der Waals surface area (Å²) in [6.45, 7) is 3.58. The van der Waals surface area contributed by atoms with Crippen molar-refractivity contribution in [2.24, 2.45) is 0 Å². The van der Waals surface area contributed by atoms with Crippen LogP contribution in [0, 0.1) is 5.82 Å². The van der Waals surface area contributed by atoms with Gasteiger partial charge in [-0.2, -0.15) is 0 Å². The molecule has 1 N–H and O–H groups in total. The molecule has 1 heterocycles. The quantitative estimate of drug-likeness (QED) is 0.873. The molecule has 1 saturated heterocycles. The zero-order chi connectivity index (χ0) is 14.6. The Morgan fingerprint density at radius 3 is 2.55 bits per heavy atom. The maximum Gasteiger partial charge on any atom is 0.211 e. The van der Waals surface area contributed by atoms with Gasteiger partial charge in [-0.1, -0.05) is 18.2 Å². The molecule has 0 bridgehead atoms. The lowest BCUT2D eigenvalue weighted by molar-refractivity contribution is 0.241. The minimum Gasteiger partial charge on any atom is -0.295 e. The first-order valence-corrected chi connectivity index (χ1v) is 8.64. The van der Waals surface area contributed by atoms with E-state index in [-0.39, 0.29) is 24.2 Å². The third-order valence-corrected chi connectivity index (χ3v) is 5.09. The van der Waals surface area contributed by atoms with E-state index in [1.165, 1.54) is 6.07 Å². The lowest BCUT2D eigenvalue weighted by atomic mass is 10.1. The highest BCUT2D eigenvalue weighted by molar-refractivity contribution is 7.89. The predicted molar refractivity (Wildman–Crippen MR) is 77.4 cm³/mol. The minimum absolute atomic E-state index is 0.0387. The second kappa shape index (κ2) is 6.65. The summed E-state index contributed by atoms with van der Waals surface area (Å²) in [6, 6.07) is 6.36. The fourth-order valence-corrected chi connectivity index (χ4v) is 3.16. The molecule has 0 spiro atoms. The van der Waals surface area contributed by atoms with Crippen LogP contribution >= 0.6 is 0 Å². The maximum atomic E-state index is 14.0. The number of sulfonamides is 1. The number of benzene rings is 1. The zero-order valence-corrected chi connectivity index (χ0v) is 12.5. The molecule has 1 aromatic rings. The van der Waals surface area contributed by atoms with E-state index in [0.717, 1.165) is 25.9 Å². The van der Waals surface area contributed by atoms with E-state index >= 15 is 0 Å². The summed E-state index contributed by atoms with van der Waals surface area (Å²) in [6.07, 6.45) is 2.15. The van der Waals surface area contributed by atoms with Crippen molar-refractivity contribution in [3.8, 4) is 0 Å². The van der Waals surface area contributed by atoms with Crippen molar-refractivity contribution < 1.29 is 12.8 Å². The van der Waals surface area contributed by atoms with Crippen LogP contribution in [0.4, 0.5) is 4.39 Å². The van der Waals surface area contributed by atoms with E-state index < -0.39 is 10.0 Å². The summed E-state index contributed by atoms with van der Waals surface area (Å²) in [7, 11) is -3.26. The summed E-state index contributed by atoms with van der Waals surface area (Å²) in [5.74, 6) is -0.239. The Kier molecular flexibility index (Phi) is 5.12.